The van der Waals surface area contributed by atoms with E-state index in [1.807, 2.05) is 4.57 Å². The summed E-state index contributed by atoms with van der Waals surface area (Å²) in [6.07, 6.45) is 10.1. The highest BCUT2D eigenvalue weighted by Crippen LogP contribution is 2.22. The van der Waals surface area contributed by atoms with E-state index in [0.717, 1.165) is 37.0 Å². The van der Waals surface area contributed by atoms with Gasteiger partial charge in [-0.05, 0) is 51.7 Å². The maximum Gasteiger partial charge on any atom is 0.318 e. The maximum absolute atomic E-state index is 5.64. The van der Waals surface area contributed by atoms with Crippen LogP contribution in [-0.2, 0) is 6.54 Å². The average Bonchev–Trinajstić information content (AvgIpc) is 3.29. The molecular weight excluding hydrogens is 330 g/mol. The standard InChI is InChI=1S/C19H31N5O2/c1-3-4-14-26-18-20-15-16-17(22-18)24(19(21-16)25-2)13-7-5-6-10-23-11-8-9-12-23/h15H,3-14H2,1-2H3. The number of hydrogen-bond acceptors (Lipinski definition) is 6. The molecule has 26 heavy (non-hydrogen) atoms. The van der Waals surface area contributed by atoms with Crippen LogP contribution in [0.25, 0.3) is 11.2 Å². The van der Waals surface area contributed by atoms with Gasteiger partial charge in [0.25, 0.3) is 6.01 Å². The zero-order valence-corrected chi connectivity index (χ0v) is 16.1. The summed E-state index contributed by atoms with van der Waals surface area (Å²) in [5.74, 6) is 0. The van der Waals surface area contributed by atoms with Crippen LogP contribution in [0.2, 0.25) is 0 Å². The molecule has 1 aliphatic heterocycles. The number of aryl methyl sites for hydroxylation is 1. The molecular formula is C19H31N5O2. The molecule has 0 atom stereocenters. The number of fused-ring (bicyclic) bond motifs is 1. The Bertz CT molecular complexity index is 682. The largest absolute Gasteiger partial charge is 0.468 e. The number of rotatable bonds is 11. The lowest BCUT2D eigenvalue weighted by molar-refractivity contribution is 0.286. The third kappa shape index (κ3) is 4.84. The van der Waals surface area contributed by atoms with Crippen LogP contribution in [0.5, 0.6) is 12.0 Å². The number of ether oxygens (including phenoxy) is 2. The van der Waals surface area contributed by atoms with E-state index in [4.69, 9.17) is 9.47 Å². The lowest BCUT2D eigenvalue weighted by atomic mass is 10.2. The van der Waals surface area contributed by atoms with E-state index in [9.17, 15) is 0 Å². The van der Waals surface area contributed by atoms with Crippen LogP contribution in [0.4, 0.5) is 0 Å². The average molecular weight is 361 g/mol. The summed E-state index contributed by atoms with van der Waals surface area (Å²) in [6.45, 7) is 7.40. The molecule has 0 radical (unpaired) electrons. The topological polar surface area (TPSA) is 65.3 Å². The Hall–Kier alpha value is -1.89. The Kier molecular flexibility index (Phi) is 7.05. The fourth-order valence-corrected chi connectivity index (χ4v) is 3.41. The van der Waals surface area contributed by atoms with Crippen molar-refractivity contribution in [3.05, 3.63) is 6.20 Å². The van der Waals surface area contributed by atoms with Gasteiger partial charge in [-0.15, -0.1) is 0 Å². The molecule has 0 bridgehead atoms. The summed E-state index contributed by atoms with van der Waals surface area (Å²) in [4.78, 5) is 15.9. The SMILES string of the molecule is CCCCOc1ncc2nc(OC)n(CCCCCN3CCCC3)c2n1. The van der Waals surface area contributed by atoms with Crippen LogP contribution in [-0.4, -0.2) is 57.8 Å². The van der Waals surface area contributed by atoms with Crippen molar-refractivity contribution < 1.29 is 9.47 Å². The predicted octanol–water partition coefficient (Wildman–Crippen LogP) is 3.28. The molecule has 2 aromatic heterocycles. The fraction of sp³-hybridized carbons (Fsp3) is 0.737. The van der Waals surface area contributed by atoms with E-state index in [-0.39, 0.29) is 0 Å². The summed E-state index contributed by atoms with van der Waals surface area (Å²) in [7, 11) is 1.65. The van der Waals surface area contributed by atoms with Crippen molar-refractivity contribution in [1.82, 2.24) is 24.4 Å². The van der Waals surface area contributed by atoms with E-state index in [0.29, 0.717) is 18.6 Å². The third-order valence-corrected chi connectivity index (χ3v) is 4.90. The molecule has 0 saturated carbocycles. The fourth-order valence-electron chi connectivity index (χ4n) is 3.41. The molecule has 1 fully saturated rings. The molecule has 0 spiro atoms. The highest BCUT2D eigenvalue weighted by molar-refractivity contribution is 5.71. The minimum Gasteiger partial charge on any atom is -0.468 e. The molecule has 0 aliphatic carbocycles. The molecule has 0 aromatic carbocycles. The first kappa shape index (κ1) is 18.9. The van der Waals surface area contributed by atoms with Gasteiger partial charge in [-0.25, -0.2) is 4.98 Å². The smallest absolute Gasteiger partial charge is 0.318 e. The van der Waals surface area contributed by atoms with Gasteiger partial charge < -0.3 is 14.4 Å². The quantitative estimate of drug-likeness (QED) is 0.572. The molecule has 7 heteroatoms. The highest BCUT2D eigenvalue weighted by Gasteiger charge is 2.15. The van der Waals surface area contributed by atoms with Gasteiger partial charge in [0.2, 0.25) is 0 Å². The predicted molar refractivity (Wildman–Crippen MR) is 102 cm³/mol. The van der Waals surface area contributed by atoms with E-state index >= 15 is 0 Å². The first-order valence-electron chi connectivity index (χ1n) is 9.94. The van der Waals surface area contributed by atoms with Crippen molar-refractivity contribution in [3.8, 4) is 12.0 Å². The van der Waals surface area contributed by atoms with Gasteiger partial charge in [0, 0.05) is 6.54 Å². The molecule has 1 saturated heterocycles. The second kappa shape index (κ2) is 9.71. The van der Waals surface area contributed by atoms with E-state index < -0.39 is 0 Å². The van der Waals surface area contributed by atoms with Crippen LogP contribution in [0.1, 0.15) is 51.9 Å². The van der Waals surface area contributed by atoms with Gasteiger partial charge in [-0.1, -0.05) is 19.8 Å². The van der Waals surface area contributed by atoms with Gasteiger partial charge in [-0.3, -0.25) is 4.57 Å². The van der Waals surface area contributed by atoms with Crippen molar-refractivity contribution in [1.29, 1.82) is 0 Å². The summed E-state index contributed by atoms with van der Waals surface area (Å²) >= 11 is 0. The molecule has 3 rings (SSSR count). The first-order valence-corrected chi connectivity index (χ1v) is 9.94. The molecule has 3 heterocycles. The van der Waals surface area contributed by atoms with Crippen molar-refractivity contribution in [2.75, 3.05) is 33.4 Å². The Morgan fingerprint density at radius 2 is 1.85 bits per heavy atom. The number of likely N-dealkylation sites (tertiary alicyclic amines) is 1. The molecule has 0 unspecified atom stereocenters. The number of hydrogen-bond donors (Lipinski definition) is 0. The Morgan fingerprint density at radius 3 is 2.62 bits per heavy atom. The van der Waals surface area contributed by atoms with Crippen LogP contribution in [0.15, 0.2) is 6.20 Å². The van der Waals surface area contributed by atoms with Crippen molar-refractivity contribution >= 4 is 11.2 Å². The van der Waals surface area contributed by atoms with Crippen molar-refractivity contribution in [2.24, 2.45) is 0 Å². The van der Waals surface area contributed by atoms with Gasteiger partial charge in [0.1, 0.15) is 5.52 Å². The minimum atomic E-state index is 0.420. The molecule has 7 nitrogen and oxygen atoms in total. The zero-order valence-electron chi connectivity index (χ0n) is 16.1. The van der Waals surface area contributed by atoms with Gasteiger partial charge in [-0.2, -0.15) is 9.97 Å². The lowest BCUT2D eigenvalue weighted by Crippen LogP contribution is -2.20. The minimum absolute atomic E-state index is 0.420. The highest BCUT2D eigenvalue weighted by atomic mass is 16.5. The number of aromatic nitrogens is 4. The zero-order chi connectivity index (χ0) is 18.2. The van der Waals surface area contributed by atoms with Gasteiger partial charge in [0.05, 0.1) is 19.9 Å². The molecule has 144 valence electrons. The molecule has 2 aromatic rings. The summed E-state index contributed by atoms with van der Waals surface area (Å²) in [5.41, 5.74) is 1.55. The van der Waals surface area contributed by atoms with E-state index in [2.05, 4.69) is 26.8 Å². The van der Waals surface area contributed by atoms with E-state index in [1.54, 1.807) is 13.3 Å². The van der Waals surface area contributed by atoms with Gasteiger partial charge in [0.15, 0.2) is 5.65 Å². The van der Waals surface area contributed by atoms with Crippen molar-refractivity contribution in [2.45, 2.75) is 58.4 Å². The summed E-state index contributed by atoms with van der Waals surface area (Å²) in [6, 6.07) is 1.02. The summed E-state index contributed by atoms with van der Waals surface area (Å²) < 4.78 is 13.1. The Morgan fingerprint density at radius 1 is 1.04 bits per heavy atom. The van der Waals surface area contributed by atoms with Gasteiger partial charge >= 0.3 is 6.01 Å². The van der Waals surface area contributed by atoms with Crippen molar-refractivity contribution in [3.63, 3.8) is 0 Å². The number of nitrogens with zero attached hydrogens (tertiary/aromatic N) is 5. The Balaban J connectivity index is 1.58. The summed E-state index contributed by atoms with van der Waals surface area (Å²) in [5, 5.41) is 0. The second-order valence-electron chi connectivity index (χ2n) is 6.92. The van der Waals surface area contributed by atoms with Crippen LogP contribution in [0.3, 0.4) is 0 Å². The van der Waals surface area contributed by atoms with Crippen LogP contribution < -0.4 is 9.47 Å². The monoisotopic (exact) mass is 361 g/mol. The number of unbranched alkanes of at least 4 members (excludes halogenated alkanes) is 3. The molecule has 0 amide bonds. The maximum atomic E-state index is 5.64. The lowest BCUT2D eigenvalue weighted by Gasteiger charge is -2.14. The van der Waals surface area contributed by atoms with E-state index in [1.165, 1.54) is 45.3 Å². The van der Waals surface area contributed by atoms with Crippen LogP contribution in [0, 0.1) is 0 Å². The van der Waals surface area contributed by atoms with Crippen LogP contribution >= 0.6 is 0 Å². The molecule has 1 aliphatic rings. The third-order valence-electron chi connectivity index (χ3n) is 4.90. The first-order chi connectivity index (χ1) is 12.8. The normalized spacial score (nSPS) is 15.0. The second-order valence-corrected chi connectivity index (χ2v) is 6.92. The molecule has 0 N–H and O–H groups in total. The number of methoxy groups -OCH3 is 1. The Labute approximate surface area is 155 Å². The number of imidazole rings is 1.